The zero-order chi connectivity index (χ0) is 13.8. The second-order valence-corrected chi connectivity index (χ2v) is 5.22. The van der Waals surface area contributed by atoms with Crippen LogP contribution in [-0.4, -0.2) is 10.8 Å². The molecule has 0 N–H and O–H groups in total. The number of benzene rings is 1. The minimum absolute atomic E-state index is 0.0728. The van der Waals surface area contributed by atoms with Crippen LogP contribution in [0.3, 0.4) is 0 Å². The number of ether oxygens (including phenoxy) is 1. The van der Waals surface area contributed by atoms with E-state index in [1.807, 2.05) is 36.9 Å². The van der Waals surface area contributed by atoms with Crippen molar-refractivity contribution in [3.63, 3.8) is 0 Å². The molecule has 0 saturated heterocycles. The number of rotatable bonds is 4. The van der Waals surface area contributed by atoms with Crippen LogP contribution in [0.15, 0.2) is 46.2 Å². The van der Waals surface area contributed by atoms with Gasteiger partial charge < -0.3 is 9.30 Å². The summed E-state index contributed by atoms with van der Waals surface area (Å²) in [6.07, 6.45) is 3.79. The van der Waals surface area contributed by atoms with Crippen molar-refractivity contribution in [3.05, 3.63) is 58.0 Å². The van der Waals surface area contributed by atoms with Gasteiger partial charge in [0.1, 0.15) is 6.61 Å². The van der Waals surface area contributed by atoms with Crippen molar-refractivity contribution in [3.8, 4) is 5.75 Å². The maximum Gasteiger partial charge on any atom is 0.223 e. The van der Waals surface area contributed by atoms with E-state index in [-0.39, 0.29) is 5.43 Å². The number of thioether (sulfide) groups is 1. The van der Waals surface area contributed by atoms with Crippen LogP contribution in [0.25, 0.3) is 0 Å². The van der Waals surface area contributed by atoms with Crippen LogP contribution in [0, 0.1) is 6.92 Å². The summed E-state index contributed by atoms with van der Waals surface area (Å²) in [5.74, 6) is 0.430. The minimum Gasteiger partial charge on any atom is -0.483 e. The van der Waals surface area contributed by atoms with Crippen LogP contribution >= 0.6 is 11.8 Å². The van der Waals surface area contributed by atoms with E-state index in [0.717, 1.165) is 11.3 Å². The number of hydrogen-bond donors (Lipinski definition) is 0. The molecule has 0 aliphatic rings. The van der Waals surface area contributed by atoms with Crippen LogP contribution in [0.4, 0.5) is 0 Å². The average molecular weight is 275 g/mol. The van der Waals surface area contributed by atoms with Crippen molar-refractivity contribution in [2.45, 2.75) is 18.4 Å². The Balaban J connectivity index is 2.14. The third kappa shape index (κ3) is 3.20. The summed E-state index contributed by atoms with van der Waals surface area (Å²) in [6.45, 7) is 2.29. The van der Waals surface area contributed by atoms with Crippen LogP contribution in [0.1, 0.15) is 11.3 Å². The first-order valence-electron chi connectivity index (χ1n) is 6.04. The molecule has 3 nitrogen and oxygen atoms in total. The lowest BCUT2D eigenvalue weighted by molar-refractivity contribution is 0.298. The quantitative estimate of drug-likeness (QED) is 0.804. The summed E-state index contributed by atoms with van der Waals surface area (Å²) in [5, 5.41) is 0. The van der Waals surface area contributed by atoms with Gasteiger partial charge in [-0.25, -0.2) is 0 Å². The number of aromatic nitrogens is 1. The summed E-state index contributed by atoms with van der Waals surface area (Å²) < 4.78 is 7.55. The molecule has 2 rings (SSSR count). The van der Waals surface area contributed by atoms with Gasteiger partial charge in [-0.05, 0) is 30.9 Å². The molecule has 0 atom stereocenters. The third-order valence-electron chi connectivity index (χ3n) is 3.07. The van der Waals surface area contributed by atoms with E-state index in [1.165, 1.54) is 11.0 Å². The molecule has 0 aliphatic heterocycles. The molecule has 0 amide bonds. The Kier molecular flexibility index (Phi) is 4.32. The van der Waals surface area contributed by atoms with Crippen molar-refractivity contribution < 1.29 is 4.74 Å². The Morgan fingerprint density at radius 1 is 1.21 bits per heavy atom. The second kappa shape index (κ2) is 5.97. The Morgan fingerprint density at radius 3 is 2.53 bits per heavy atom. The molecule has 0 aliphatic carbocycles. The lowest BCUT2D eigenvalue weighted by atomic mass is 10.2. The van der Waals surface area contributed by atoms with Crippen LogP contribution in [-0.2, 0) is 13.7 Å². The Bertz CT molecular complexity index is 617. The van der Waals surface area contributed by atoms with Gasteiger partial charge >= 0.3 is 0 Å². The summed E-state index contributed by atoms with van der Waals surface area (Å²) in [7, 11) is 1.90. The molecule has 1 heterocycles. The van der Waals surface area contributed by atoms with Crippen molar-refractivity contribution >= 4 is 11.8 Å². The highest BCUT2D eigenvalue weighted by atomic mass is 32.2. The van der Waals surface area contributed by atoms with Gasteiger partial charge in [0.15, 0.2) is 5.75 Å². The summed E-state index contributed by atoms with van der Waals surface area (Å²) in [6, 6.07) is 9.68. The molecule has 0 unspecified atom stereocenters. The van der Waals surface area contributed by atoms with Crippen molar-refractivity contribution in [2.24, 2.45) is 7.05 Å². The van der Waals surface area contributed by atoms with E-state index in [1.54, 1.807) is 18.0 Å². The van der Waals surface area contributed by atoms with Gasteiger partial charge in [-0.1, -0.05) is 12.1 Å². The van der Waals surface area contributed by atoms with E-state index >= 15 is 0 Å². The normalized spacial score (nSPS) is 10.5. The lowest BCUT2D eigenvalue weighted by Gasteiger charge is -2.11. The Hall–Kier alpha value is -1.68. The summed E-state index contributed by atoms with van der Waals surface area (Å²) in [5.41, 5.74) is 1.83. The van der Waals surface area contributed by atoms with Gasteiger partial charge in [0.2, 0.25) is 5.43 Å². The van der Waals surface area contributed by atoms with E-state index in [0.29, 0.717) is 12.4 Å². The zero-order valence-corrected chi connectivity index (χ0v) is 12.2. The van der Waals surface area contributed by atoms with Gasteiger partial charge in [0.25, 0.3) is 0 Å². The summed E-state index contributed by atoms with van der Waals surface area (Å²) in [4.78, 5) is 13.0. The van der Waals surface area contributed by atoms with Crippen molar-refractivity contribution in [2.75, 3.05) is 6.26 Å². The molecule has 0 saturated carbocycles. The smallest absolute Gasteiger partial charge is 0.223 e. The predicted molar refractivity (Wildman–Crippen MR) is 79.0 cm³/mol. The molecule has 0 spiro atoms. The molecule has 4 heteroatoms. The van der Waals surface area contributed by atoms with Gasteiger partial charge in [0.05, 0.1) is 5.69 Å². The zero-order valence-electron chi connectivity index (χ0n) is 11.3. The Morgan fingerprint density at radius 2 is 1.89 bits per heavy atom. The molecule has 19 heavy (non-hydrogen) atoms. The molecule has 0 fully saturated rings. The lowest BCUT2D eigenvalue weighted by Crippen LogP contribution is -2.13. The largest absolute Gasteiger partial charge is 0.483 e. The van der Waals surface area contributed by atoms with Crippen LogP contribution in [0.2, 0.25) is 0 Å². The molecule has 0 bridgehead atoms. The molecule has 0 radical (unpaired) electrons. The summed E-state index contributed by atoms with van der Waals surface area (Å²) >= 11 is 1.70. The third-order valence-corrected chi connectivity index (χ3v) is 3.82. The fourth-order valence-electron chi connectivity index (χ4n) is 1.76. The molecular weight excluding hydrogens is 258 g/mol. The molecule has 100 valence electrons. The van der Waals surface area contributed by atoms with Gasteiger partial charge in [-0.3, -0.25) is 4.79 Å². The number of aryl methyl sites for hydroxylation is 1. The highest BCUT2D eigenvalue weighted by Gasteiger charge is 2.07. The maximum atomic E-state index is 11.8. The fourth-order valence-corrected chi connectivity index (χ4v) is 2.17. The first-order chi connectivity index (χ1) is 9.11. The number of hydrogen-bond acceptors (Lipinski definition) is 3. The molecule has 1 aromatic heterocycles. The van der Waals surface area contributed by atoms with E-state index in [9.17, 15) is 4.79 Å². The van der Waals surface area contributed by atoms with Gasteiger partial charge in [-0.2, -0.15) is 0 Å². The standard InChI is InChI=1S/C15H17NO2S/c1-11-15(14(17)8-9-16(11)2)18-10-12-4-6-13(19-3)7-5-12/h4-9H,10H2,1-3H3. The van der Waals surface area contributed by atoms with Crippen molar-refractivity contribution in [1.29, 1.82) is 0 Å². The number of pyridine rings is 1. The van der Waals surface area contributed by atoms with E-state index < -0.39 is 0 Å². The molecular formula is C15H17NO2S. The highest BCUT2D eigenvalue weighted by Crippen LogP contribution is 2.17. The first kappa shape index (κ1) is 13.7. The fraction of sp³-hybridized carbons (Fsp3) is 0.267. The average Bonchev–Trinajstić information content (AvgIpc) is 2.44. The topological polar surface area (TPSA) is 31.2 Å². The van der Waals surface area contributed by atoms with Crippen molar-refractivity contribution in [1.82, 2.24) is 4.57 Å². The van der Waals surface area contributed by atoms with Gasteiger partial charge in [0, 0.05) is 24.2 Å². The van der Waals surface area contributed by atoms with Crippen LogP contribution < -0.4 is 10.2 Å². The van der Waals surface area contributed by atoms with E-state index in [2.05, 4.69) is 12.1 Å². The molecule has 1 aromatic carbocycles. The van der Waals surface area contributed by atoms with Gasteiger partial charge in [-0.15, -0.1) is 11.8 Å². The predicted octanol–water partition coefficient (Wildman–Crippen LogP) is 2.99. The SMILES string of the molecule is CSc1ccc(COc2c(C)n(C)ccc2=O)cc1. The number of nitrogens with zero attached hydrogens (tertiary/aromatic N) is 1. The maximum absolute atomic E-state index is 11.8. The van der Waals surface area contributed by atoms with Crippen LogP contribution in [0.5, 0.6) is 5.75 Å². The minimum atomic E-state index is -0.0728. The highest BCUT2D eigenvalue weighted by molar-refractivity contribution is 7.98. The van der Waals surface area contributed by atoms with E-state index in [4.69, 9.17) is 4.74 Å². The molecule has 2 aromatic rings. The second-order valence-electron chi connectivity index (χ2n) is 4.34. The first-order valence-corrected chi connectivity index (χ1v) is 7.26. The Labute approximate surface area is 117 Å². The monoisotopic (exact) mass is 275 g/mol.